The summed E-state index contributed by atoms with van der Waals surface area (Å²) in [6.45, 7) is 5.36. The number of nitroso groups, excluding NO2 is 1. The van der Waals surface area contributed by atoms with Crippen LogP contribution >= 0.6 is 9.53 Å². The van der Waals surface area contributed by atoms with Crippen LogP contribution in [0.2, 0.25) is 0 Å². The van der Waals surface area contributed by atoms with Crippen LogP contribution in [0.3, 0.4) is 0 Å². The fraction of sp³-hybridized carbons (Fsp3) is 0.0714. The van der Waals surface area contributed by atoms with E-state index in [-0.39, 0.29) is 0 Å². The van der Waals surface area contributed by atoms with Crippen LogP contribution in [0.15, 0.2) is 126 Å². The summed E-state index contributed by atoms with van der Waals surface area (Å²) in [6.07, 6.45) is 9.46. The van der Waals surface area contributed by atoms with Crippen molar-refractivity contribution in [1.29, 1.82) is 0 Å². The van der Waals surface area contributed by atoms with Crippen molar-refractivity contribution in [2.24, 2.45) is 5.18 Å². The van der Waals surface area contributed by atoms with Crippen LogP contribution in [0.5, 0.6) is 0 Å². The Kier molecular flexibility index (Phi) is 10.7. The van der Waals surface area contributed by atoms with Crippen molar-refractivity contribution in [1.82, 2.24) is 0 Å². The van der Waals surface area contributed by atoms with E-state index >= 15 is 0 Å². The average molecular weight is 560 g/mol. The van der Waals surface area contributed by atoms with Crippen molar-refractivity contribution in [3.8, 4) is 0 Å². The predicted octanol–water partition coefficient (Wildman–Crippen LogP) is 7.19. The van der Waals surface area contributed by atoms with Gasteiger partial charge >= 0.3 is 27.7 Å². The summed E-state index contributed by atoms with van der Waals surface area (Å²) in [5.41, 5.74) is 4.57. The Morgan fingerprint density at radius 1 is 0.794 bits per heavy atom. The second-order valence-electron chi connectivity index (χ2n) is 7.25. The van der Waals surface area contributed by atoms with Gasteiger partial charge in [-0.15, -0.1) is 36.3 Å². The van der Waals surface area contributed by atoms with E-state index in [0.717, 1.165) is 24.2 Å². The second kappa shape index (κ2) is 14.2. The van der Waals surface area contributed by atoms with Crippen LogP contribution < -0.4 is 9.80 Å². The number of halogens is 1. The third-order valence-electron chi connectivity index (χ3n) is 5.11. The molecular weight excluding hydrogens is 536 g/mol. The van der Waals surface area contributed by atoms with Crippen molar-refractivity contribution in [3.05, 3.63) is 144 Å². The van der Waals surface area contributed by atoms with Crippen LogP contribution in [0.1, 0.15) is 5.56 Å². The molecule has 0 N–H and O–H groups in total. The van der Waals surface area contributed by atoms with Crippen LogP contribution in [-0.4, -0.2) is 13.1 Å². The Balaban J connectivity index is 0.000000179. The molecule has 0 atom stereocenters. The van der Waals surface area contributed by atoms with Gasteiger partial charge in [0, 0.05) is 30.2 Å². The molecule has 1 aliphatic carbocycles. The molecule has 3 aromatic rings. The SMILES string of the molecule is O=N/C(=C1/C=CC=C[CH-]1)c1ccccc1.[C]1N(c2ccccc2)CCN1c1ccccc1.[Cl][Pd+]. The van der Waals surface area contributed by atoms with E-state index < -0.39 is 0 Å². The van der Waals surface area contributed by atoms with Crippen LogP contribution in [0.4, 0.5) is 11.4 Å². The van der Waals surface area contributed by atoms with Gasteiger partial charge in [0.25, 0.3) is 0 Å². The number of benzene rings is 3. The number of hydrogen-bond donors (Lipinski definition) is 0. The summed E-state index contributed by atoms with van der Waals surface area (Å²) in [5.74, 6) is 0. The first-order valence-corrected chi connectivity index (χ1v) is 12.7. The zero-order chi connectivity index (χ0) is 24.0. The summed E-state index contributed by atoms with van der Waals surface area (Å²) in [6, 6.07) is 30.2. The van der Waals surface area contributed by atoms with Gasteiger partial charge in [0.2, 0.25) is 6.67 Å². The number of anilines is 2. The molecule has 0 amide bonds. The van der Waals surface area contributed by atoms with E-state index in [1.165, 1.54) is 11.4 Å². The Labute approximate surface area is 216 Å². The van der Waals surface area contributed by atoms with Gasteiger partial charge in [0.15, 0.2) is 0 Å². The first kappa shape index (κ1) is 25.5. The molecule has 1 fully saturated rings. The first-order valence-electron chi connectivity index (χ1n) is 10.7. The summed E-state index contributed by atoms with van der Waals surface area (Å²) in [5, 5.41) is 3.10. The van der Waals surface area contributed by atoms with Crippen LogP contribution in [-0.2, 0) is 18.2 Å². The molecule has 0 spiro atoms. The van der Waals surface area contributed by atoms with E-state index in [9.17, 15) is 4.91 Å². The second-order valence-corrected chi connectivity index (χ2v) is 7.25. The van der Waals surface area contributed by atoms with E-state index in [4.69, 9.17) is 0 Å². The molecule has 0 saturated carbocycles. The molecule has 2 aliphatic rings. The standard InChI is InChI=1S/C15H14N2.C13H10NO.ClH.Pd/c1-3-7-14(8-4-1)16-11-12-17(13-16)15-9-5-2-6-10-15;15-14-13(11-7-3-1-4-8-11)12-9-5-2-6-10-12;;/h1-10H,11-12H2;1-10H;1H;/q;-1;;+2/p-1. The molecule has 2 radical (unpaired) electrons. The number of allylic oxidation sites excluding steroid dienone is 5. The normalized spacial score (nSPS) is 15.4. The van der Waals surface area contributed by atoms with Crippen molar-refractivity contribution >= 4 is 26.6 Å². The van der Waals surface area contributed by atoms with Gasteiger partial charge in [-0.2, -0.15) is 4.91 Å². The minimum absolute atomic E-state index is 0.483. The Morgan fingerprint density at radius 3 is 1.74 bits per heavy atom. The predicted molar refractivity (Wildman–Crippen MR) is 138 cm³/mol. The molecule has 6 heteroatoms. The molecule has 1 aliphatic heterocycles. The molecule has 34 heavy (non-hydrogen) atoms. The topological polar surface area (TPSA) is 35.9 Å². The molecule has 0 bridgehead atoms. The fourth-order valence-corrected chi connectivity index (χ4v) is 3.50. The molecule has 1 heterocycles. The van der Waals surface area contributed by atoms with Gasteiger partial charge in [0.05, 0.1) is 0 Å². The molecule has 5 rings (SSSR count). The van der Waals surface area contributed by atoms with Gasteiger partial charge in [-0.1, -0.05) is 71.9 Å². The molecule has 1 saturated heterocycles. The Bertz CT molecular complexity index is 1060. The first-order chi connectivity index (χ1) is 16.8. The maximum absolute atomic E-state index is 10.8. The van der Waals surface area contributed by atoms with Gasteiger partial charge in [-0.05, 0) is 29.8 Å². The summed E-state index contributed by atoms with van der Waals surface area (Å²) in [7, 11) is 4.49. The fourth-order valence-electron chi connectivity index (χ4n) is 3.50. The van der Waals surface area contributed by atoms with Crippen molar-refractivity contribution in [3.63, 3.8) is 0 Å². The molecule has 174 valence electrons. The van der Waals surface area contributed by atoms with E-state index in [2.05, 4.69) is 97.9 Å². The quantitative estimate of drug-likeness (QED) is 0.193. The monoisotopic (exact) mass is 559 g/mol. The number of nitrogens with zero attached hydrogens (tertiary/aromatic N) is 3. The molecular formula is C28H24ClN3OPd. The average Bonchev–Trinajstić information content (AvgIpc) is 3.44. The number of para-hydroxylation sites is 2. The van der Waals surface area contributed by atoms with Crippen LogP contribution in [0, 0.1) is 18.0 Å². The molecule has 3 aromatic carbocycles. The minimum atomic E-state index is 0.483. The number of rotatable bonds is 4. The third kappa shape index (κ3) is 7.20. The summed E-state index contributed by atoms with van der Waals surface area (Å²) < 4.78 is 0. The number of hydrogen-bond acceptors (Lipinski definition) is 4. The third-order valence-corrected chi connectivity index (χ3v) is 5.11. The maximum atomic E-state index is 10.8. The van der Waals surface area contributed by atoms with Gasteiger partial charge in [-0.25, -0.2) is 0 Å². The summed E-state index contributed by atoms with van der Waals surface area (Å²) in [4.78, 5) is 15.1. The van der Waals surface area contributed by atoms with Crippen LogP contribution in [0.25, 0.3) is 5.70 Å². The van der Waals surface area contributed by atoms with E-state index in [0.29, 0.717) is 5.70 Å². The van der Waals surface area contributed by atoms with E-state index in [1.54, 1.807) is 0 Å². The van der Waals surface area contributed by atoms with Gasteiger partial charge in [0.1, 0.15) is 0 Å². The Morgan fingerprint density at radius 2 is 1.29 bits per heavy atom. The Hall–Kier alpha value is -3.10. The summed E-state index contributed by atoms with van der Waals surface area (Å²) >= 11 is 2.22. The molecule has 0 unspecified atom stereocenters. The molecule has 4 nitrogen and oxygen atoms in total. The van der Waals surface area contributed by atoms with Crippen molar-refractivity contribution < 1.29 is 18.2 Å². The van der Waals surface area contributed by atoms with Crippen molar-refractivity contribution in [2.45, 2.75) is 0 Å². The molecule has 0 aromatic heterocycles. The van der Waals surface area contributed by atoms with Gasteiger partial charge < -0.3 is 9.80 Å². The zero-order valence-corrected chi connectivity index (χ0v) is 20.7. The zero-order valence-electron chi connectivity index (χ0n) is 18.4. The van der Waals surface area contributed by atoms with Gasteiger partial charge in [-0.3, -0.25) is 0 Å². The van der Waals surface area contributed by atoms with Crippen molar-refractivity contribution in [2.75, 3.05) is 22.9 Å². The van der Waals surface area contributed by atoms with E-state index in [1.807, 2.05) is 73.2 Å².